The minimum atomic E-state index is -0.282. The Labute approximate surface area is 125 Å². The molecule has 0 aliphatic rings. The maximum atomic E-state index is 14.2. The number of rotatable bonds is 5. The molecule has 0 aliphatic carbocycles. The van der Waals surface area contributed by atoms with E-state index in [2.05, 4.69) is 12.2 Å². The first kappa shape index (κ1) is 15.6. The molecular formula is C18H21F2N. The first-order valence-electron chi connectivity index (χ1n) is 7.29. The van der Waals surface area contributed by atoms with Crippen molar-refractivity contribution in [2.75, 3.05) is 6.54 Å². The Hall–Kier alpha value is -1.74. The Kier molecular flexibility index (Phi) is 5.07. The number of hydrogen-bond donors (Lipinski definition) is 1. The van der Waals surface area contributed by atoms with Gasteiger partial charge < -0.3 is 5.32 Å². The third-order valence-electron chi connectivity index (χ3n) is 3.55. The lowest BCUT2D eigenvalue weighted by molar-refractivity contribution is 0.622. The normalized spacial score (nSPS) is 10.9. The highest BCUT2D eigenvalue weighted by atomic mass is 19.1. The zero-order chi connectivity index (χ0) is 15.4. The van der Waals surface area contributed by atoms with E-state index in [0.717, 1.165) is 35.2 Å². The Morgan fingerprint density at radius 2 is 1.67 bits per heavy atom. The second-order valence-electron chi connectivity index (χ2n) is 5.41. The summed E-state index contributed by atoms with van der Waals surface area (Å²) in [4.78, 5) is 0. The van der Waals surface area contributed by atoms with Crippen molar-refractivity contribution >= 4 is 0 Å². The zero-order valence-corrected chi connectivity index (χ0v) is 12.8. The molecule has 21 heavy (non-hydrogen) atoms. The number of nitrogens with one attached hydrogen (secondary N) is 1. The van der Waals surface area contributed by atoms with Crippen molar-refractivity contribution in [3.63, 3.8) is 0 Å². The molecule has 0 aromatic heterocycles. The fraction of sp³-hybridized carbons (Fsp3) is 0.333. The molecule has 2 aromatic carbocycles. The van der Waals surface area contributed by atoms with Gasteiger partial charge in [0.1, 0.15) is 11.6 Å². The molecule has 1 nitrogen and oxygen atoms in total. The molecule has 0 saturated heterocycles. The average molecular weight is 289 g/mol. The lowest BCUT2D eigenvalue weighted by Gasteiger charge is -2.13. The van der Waals surface area contributed by atoms with Crippen LogP contribution in [0.1, 0.15) is 30.0 Å². The number of halogens is 2. The molecule has 112 valence electrons. The van der Waals surface area contributed by atoms with Crippen molar-refractivity contribution < 1.29 is 8.78 Å². The van der Waals surface area contributed by atoms with Gasteiger partial charge in [0, 0.05) is 12.1 Å². The van der Waals surface area contributed by atoms with Crippen molar-refractivity contribution in [3.8, 4) is 11.1 Å². The summed E-state index contributed by atoms with van der Waals surface area (Å²) in [5, 5.41) is 3.31. The molecule has 0 saturated carbocycles. The lowest BCUT2D eigenvalue weighted by Crippen LogP contribution is -2.13. The molecule has 2 rings (SSSR count). The summed E-state index contributed by atoms with van der Waals surface area (Å²) in [6.07, 6.45) is 1.06. The van der Waals surface area contributed by atoms with E-state index >= 15 is 0 Å². The second kappa shape index (κ2) is 6.81. The molecule has 0 unspecified atom stereocenters. The molecule has 0 bridgehead atoms. The van der Waals surface area contributed by atoms with Crippen LogP contribution in [0.4, 0.5) is 8.78 Å². The molecule has 0 radical (unpaired) electrons. The van der Waals surface area contributed by atoms with E-state index in [9.17, 15) is 8.78 Å². The summed E-state index contributed by atoms with van der Waals surface area (Å²) in [6.45, 7) is 7.37. The van der Waals surface area contributed by atoms with Crippen LogP contribution in [-0.2, 0) is 6.54 Å². The Morgan fingerprint density at radius 3 is 2.29 bits per heavy atom. The molecule has 0 spiro atoms. The quantitative estimate of drug-likeness (QED) is 0.783. The highest BCUT2D eigenvalue weighted by Gasteiger charge is 2.12. The number of aryl methyl sites for hydroxylation is 2. The molecule has 0 atom stereocenters. The largest absolute Gasteiger partial charge is 0.313 e. The van der Waals surface area contributed by atoms with Crippen molar-refractivity contribution in [2.24, 2.45) is 0 Å². The summed E-state index contributed by atoms with van der Waals surface area (Å²) in [5.41, 5.74) is 3.87. The zero-order valence-electron chi connectivity index (χ0n) is 12.8. The van der Waals surface area contributed by atoms with E-state index < -0.39 is 0 Å². The highest BCUT2D eigenvalue weighted by molar-refractivity contribution is 5.71. The van der Waals surface area contributed by atoms with E-state index in [-0.39, 0.29) is 11.6 Å². The molecule has 1 N–H and O–H groups in total. The lowest BCUT2D eigenvalue weighted by atomic mass is 9.94. The predicted molar refractivity (Wildman–Crippen MR) is 83.3 cm³/mol. The smallest absolute Gasteiger partial charge is 0.131 e. The molecule has 0 aliphatic heterocycles. The molecular weight excluding hydrogens is 268 g/mol. The number of hydrogen-bond acceptors (Lipinski definition) is 1. The summed E-state index contributed by atoms with van der Waals surface area (Å²) < 4.78 is 27.6. The third-order valence-corrected chi connectivity index (χ3v) is 3.55. The predicted octanol–water partition coefficient (Wildman–Crippen LogP) is 4.75. The van der Waals surface area contributed by atoms with Gasteiger partial charge in [0.05, 0.1) is 0 Å². The SMILES string of the molecule is CCCNCc1ccc(F)c(-c2c(C)cc(F)cc2C)c1. The Bertz CT molecular complexity index is 612. The van der Waals surface area contributed by atoms with Gasteiger partial charge in [-0.1, -0.05) is 13.0 Å². The minimum Gasteiger partial charge on any atom is -0.313 e. The van der Waals surface area contributed by atoms with E-state index in [4.69, 9.17) is 0 Å². The van der Waals surface area contributed by atoms with E-state index in [1.165, 1.54) is 18.2 Å². The van der Waals surface area contributed by atoms with Gasteiger partial charge in [-0.15, -0.1) is 0 Å². The first-order valence-corrected chi connectivity index (χ1v) is 7.29. The van der Waals surface area contributed by atoms with Crippen LogP contribution in [0.2, 0.25) is 0 Å². The van der Waals surface area contributed by atoms with Gasteiger partial charge in [0.2, 0.25) is 0 Å². The second-order valence-corrected chi connectivity index (χ2v) is 5.41. The van der Waals surface area contributed by atoms with Gasteiger partial charge in [-0.25, -0.2) is 8.78 Å². The maximum Gasteiger partial charge on any atom is 0.131 e. The molecule has 0 amide bonds. The van der Waals surface area contributed by atoms with Crippen molar-refractivity contribution in [1.29, 1.82) is 0 Å². The first-order chi connectivity index (χ1) is 10.0. The van der Waals surface area contributed by atoms with Gasteiger partial charge in [-0.05, 0) is 73.3 Å². The fourth-order valence-electron chi connectivity index (χ4n) is 2.62. The molecule has 0 fully saturated rings. The van der Waals surface area contributed by atoms with Crippen LogP contribution in [-0.4, -0.2) is 6.54 Å². The summed E-state index contributed by atoms with van der Waals surface area (Å²) in [5.74, 6) is -0.554. The number of benzene rings is 2. The fourth-order valence-corrected chi connectivity index (χ4v) is 2.62. The Balaban J connectivity index is 2.41. The van der Waals surface area contributed by atoms with E-state index in [1.807, 2.05) is 19.9 Å². The van der Waals surface area contributed by atoms with Gasteiger partial charge in [-0.2, -0.15) is 0 Å². The minimum absolute atomic E-state index is 0.271. The van der Waals surface area contributed by atoms with Crippen molar-refractivity contribution in [2.45, 2.75) is 33.7 Å². The van der Waals surface area contributed by atoms with Crippen LogP contribution >= 0.6 is 0 Å². The summed E-state index contributed by atoms with van der Waals surface area (Å²) >= 11 is 0. The maximum absolute atomic E-state index is 14.2. The van der Waals surface area contributed by atoms with Gasteiger partial charge >= 0.3 is 0 Å². The highest BCUT2D eigenvalue weighted by Crippen LogP contribution is 2.31. The molecule has 2 aromatic rings. The van der Waals surface area contributed by atoms with Gasteiger partial charge in [0.15, 0.2) is 0 Å². The standard InChI is InChI=1S/C18H21F2N/c1-4-7-21-11-14-5-6-17(20)16(10-14)18-12(2)8-15(19)9-13(18)3/h5-6,8-10,21H,4,7,11H2,1-3H3. The van der Waals surface area contributed by atoms with Crippen LogP contribution < -0.4 is 5.32 Å². The topological polar surface area (TPSA) is 12.0 Å². The van der Waals surface area contributed by atoms with E-state index in [1.54, 1.807) is 6.07 Å². The van der Waals surface area contributed by atoms with E-state index in [0.29, 0.717) is 12.1 Å². The summed E-state index contributed by atoms with van der Waals surface area (Å²) in [6, 6.07) is 8.02. The van der Waals surface area contributed by atoms with Crippen molar-refractivity contribution in [1.82, 2.24) is 5.32 Å². The Morgan fingerprint density at radius 1 is 1.00 bits per heavy atom. The van der Waals surface area contributed by atoms with Crippen LogP contribution in [0, 0.1) is 25.5 Å². The van der Waals surface area contributed by atoms with Crippen LogP contribution in [0.25, 0.3) is 11.1 Å². The monoisotopic (exact) mass is 289 g/mol. The van der Waals surface area contributed by atoms with Gasteiger partial charge in [0.25, 0.3) is 0 Å². The van der Waals surface area contributed by atoms with Crippen LogP contribution in [0.15, 0.2) is 30.3 Å². The van der Waals surface area contributed by atoms with Gasteiger partial charge in [-0.3, -0.25) is 0 Å². The van der Waals surface area contributed by atoms with Crippen molar-refractivity contribution in [3.05, 3.63) is 58.7 Å². The third kappa shape index (κ3) is 3.67. The summed E-state index contributed by atoms with van der Waals surface area (Å²) in [7, 11) is 0. The van der Waals surface area contributed by atoms with Crippen LogP contribution in [0.3, 0.4) is 0 Å². The van der Waals surface area contributed by atoms with Crippen LogP contribution in [0.5, 0.6) is 0 Å². The average Bonchev–Trinajstić information content (AvgIpc) is 2.41. The molecule has 3 heteroatoms. The molecule has 0 heterocycles.